The van der Waals surface area contributed by atoms with Crippen molar-refractivity contribution in [2.24, 2.45) is 0 Å². The third kappa shape index (κ3) is 2.59. The van der Waals surface area contributed by atoms with E-state index in [4.69, 9.17) is 0 Å². The highest BCUT2D eigenvalue weighted by Gasteiger charge is 2.17. The molecule has 0 amide bonds. The van der Waals surface area contributed by atoms with Crippen LogP contribution in [-0.2, 0) is 13.0 Å². The summed E-state index contributed by atoms with van der Waals surface area (Å²) in [6.45, 7) is 2.60. The Bertz CT molecular complexity index is 544. The number of hydrogen-bond acceptors (Lipinski definition) is 3. The number of rotatable bonds is 4. The molecule has 0 saturated carbocycles. The lowest BCUT2D eigenvalue weighted by molar-refractivity contribution is 0.169. The molecule has 96 valence electrons. The van der Waals surface area contributed by atoms with Crippen molar-refractivity contribution in [1.29, 1.82) is 0 Å². The van der Waals surface area contributed by atoms with E-state index in [2.05, 4.69) is 26.0 Å². The van der Waals surface area contributed by atoms with Gasteiger partial charge in [0, 0.05) is 18.5 Å². The van der Waals surface area contributed by atoms with E-state index in [9.17, 15) is 9.50 Å². The van der Waals surface area contributed by atoms with Gasteiger partial charge in [0.15, 0.2) is 0 Å². The summed E-state index contributed by atoms with van der Waals surface area (Å²) in [5.74, 6) is 0.205. The van der Waals surface area contributed by atoms with Gasteiger partial charge in [-0.15, -0.1) is 0 Å². The summed E-state index contributed by atoms with van der Waals surface area (Å²) in [7, 11) is 0. The SMILES string of the molecule is CCn1ncnc1CC(O)c1cccc(Br)c1F. The summed E-state index contributed by atoms with van der Waals surface area (Å²) in [5.41, 5.74) is 0.259. The highest BCUT2D eigenvalue weighted by Crippen LogP contribution is 2.25. The Hall–Kier alpha value is -1.27. The second-order valence-corrected chi connectivity index (χ2v) is 4.71. The molecule has 6 heteroatoms. The van der Waals surface area contributed by atoms with Gasteiger partial charge in [0.05, 0.1) is 10.6 Å². The molecule has 0 fully saturated rings. The zero-order valence-corrected chi connectivity index (χ0v) is 11.4. The Labute approximate surface area is 113 Å². The molecule has 0 saturated heterocycles. The minimum Gasteiger partial charge on any atom is -0.388 e. The van der Waals surface area contributed by atoms with Crippen molar-refractivity contribution in [2.75, 3.05) is 0 Å². The molecule has 0 bridgehead atoms. The zero-order chi connectivity index (χ0) is 13.1. The van der Waals surface area contributed by atoms with E-state index < -0.39 is 11.9 Å². The van der Waals surface area contributed by atoms with Crippen molar-refractivity contribution in [1.82, 2.24) is 14.8 Å². The highest BCUT2D eigenvalue weighted by molar-refractivity contribution is 9.10. The second-order valence-electron chi connectivity index (χ2n) is 3.85. The first-order valence-electron chi connectivity index (χ1n) is 5.62. The minimum absolute atomic E-state index is 0.237. The van der Waals surface area contributed by atoms with Crippen molar-refractivity contribution < 1.29 is 9.50 Å². The summed E-state index contributed by atoms with van der Waals surface area (Å²) in [6, 6.07) is 4.85. The molecule has 1 aromatic heterocycles. The molecular weight excluding hydrogens is 301 g/mol. The Morgan fingerprint density at radius 3 is 3.00 bits per heavy atom. The van der Waals surface area contributed by atoms with Gasteiger partial charge < -0.3 is 5.11 Å². The number of halogens is 2. The monoisotopic (exact) mass is 313 g/mol. The molecule has 0 aliphatic heterocycles. The van der Waals surface area contributed by atoms with Gasteiger partial charge in [-0.3, -0.25) is 4.68 Å². The van der Waals surface area contributed by atoms with Crippen LogP contribution in [0.25, 0.3) is 0 Å². The summed E-state index contributed by atoms with van der Waals surface area (Å²) in [5, 5.41) is 14.1. The van der Waals surface area contributed by atoms with E-state index in [0.29, 0.717) is 16.8 Å². The summed E-state index contributed by atoms with van der Waals surface area (Å²) in [4.78, 5) is 4.06. The number of aliphatic hydroxyl groups excluding tert-OH is 1. The predicted octanol–water partition coefficient (Wildman–Crippen LogP) is 2.48. The third-order valence-electron chi connectivity index (χ3n) is 2.71. The first-order chi connectivity index (χ1) is 8.63. The number of nitrogens with zero attached hydrogens (tertiary/aromatic N) is 3. The standard InChI is InChI=1S/C12H13BrFN3O/c1-2-17-11(15-7-16-17)6-10(18)8-4-3-5-9(13)12(8)14/h3-5,7,10,18H,2,6H2,1H3. The van der Waals surface area contributed by atoms with Gasteiger partial charge >= 0.3 is 0 Å². The summed E-state index contributed by atoms with van der Waals surface area (Å²) >= 11 is 3.10. The molecule has 1 N–H and O–H groups in total. The van der Waals surface area contributed by atoms with Crippen LogP contribution in [0.5, 0.6) is 0 Å². The van der Waals surface area contributed by atoms with Crippen LogP contribution in [0.1, 0.15) is 24.4 Å². The van der Waals surface area contributed by atoms with E-state index in [1.54, 1.807) is 22.9 Å². The Morgan fingerprint density at radius 1 is 1.50 bits per heavy atom. The molecule has 1 heterocycles. The first-order valence-corrected chi connectivity index (χ1v) is 6.41. The average Bonchev–Trinajstić information content (AvgIpc) is 2.79. The first kappa shape index (κ1) is 13.2. The second kappa shape index (κ2) is 5.58. The maximum atomic E-state index is 13.8. The van der Waals surface area contributed by atoms with Gasteiger partial charge in [0.25, 0.3) is 0 Å². The molecule has 0 radical (unpaired) electrons. The van der Waals surface area contributed by atoms with Crippen molar-refractivity contribution in [3.63, 3.8) is 0 Å². The van der Waals surface area contributed by atoms with Crippen LogP contribution in [0.4, 0.5) is 4.39 Å². The molecular formula is C12H13BrFN3O. The Kier molecular flexibility index (Phi) is 4.08. The predicted molar refractivity (Wildman–Crippen MR) is 68.5 cm³/mol. The van der Waals surface area contributed by atoms with Gasteiger partial charge in [-0.05, 0) is 28.9 Å². The smallest absolute Gasteiger partial charge is 0.143 e. The van der Waals surface area contributed by atoms with E-state index >= 15 is 0 Å². The number of benzene rings is 1. The van der Waals surface area contributed by atoms with Crippen LogP contribution in [0.3, 0.4) is 0 Å². The summed E-state index contributed by atoms with van der Waals surface area (Å²) in [6.07, 6.45) is 0.737. The average molecular weight is 314 g/mol. The van der Waals surface area contributed by atoms with Gasteiger partial charge in [-0.2, -0.15) is 5.10 Å². The molecule has 1 aromatic carbocycles. The van der Waals surface area contributed by atoms with Crippen molar-refractivity contribution in [2.45, 2.75) is 26.0 Å². The van der Waals surface area contributed by atoms with E-state index in [1.807, 2.05) is 6.92 Å². The van der Waals surface area contributed by atoms with E-state index in [0.717, 1.165) is 0 Å². The fourth-order valence-corrected chi connectivity index (χ4v) is 2.15. The fourth-order valence-electron chi connectivity index (χ4n) is 1.77. The van der Waals surface area contributed by atoms with E-state index in [1.165, 1.54) is 6.33 Å². The van der Waals surface area contributed by atoms with Gasteiger partial charge in [0.1, 0.15) is 18.0 Å². The molecule has 2 aromatic rings. The molecule has 0 spiro atoms. The number of hydrogen-bond donors (Lipinski definition) is 1. The van der Waals surface area contributed by atoms with Crippen LogP contribution in [-0.4, -0.2) is 19.9 Å². The molecule has 0 aliphatic carbocycles. The van der Waals surface area contributed by atoms with Crippen LogP contribution in [0.15, 0.2) is 29.0 Å². The quantitative estimate of drug-likeness (QED) is 0.943. The molecule has 0 aliphatic rings. The summed E-state index contributed by atoms with van der Waals surface area (Å²) < 4.78 is 15.8. The van der Waals surface area contributed by atoms with Crippen molar-refractivity contribution in [3.05, 3.63) is 46.2 Å². The molecule has 4 nitrogen and oxygen atoms in total. The fraction of sp³-hybridized carbons (Fsp3) is 0.333. The molecule has 2 rings (SSSR count). The minimum atomic E-state index is -0.933. The number of aryl methyl sites for hydroxylation is 1. The normalized spacial score (nSPS) is 12.7. The lowest BCUT2D eigenvalue weighted by atomic mass is 10.1. The van der Waals surface area contributed by atoms with Crippen molar-refractivity contribution >= 4 is 15.9 Å². The van der Waals surface area contributed by atoms with Crippen LogP contribution < -0.4 is 0 Å². The molecule has 1 unspecified atom stereocenters. The highest BCUT2D eigenvalue weighted by atomic mass is 79.9. The third-order valence-corrected chi connectivity index (χ3v) is 3.32. The zero-order valence-electron chi connectivity index (χ0n) is 9.85. The number of aliphatic hydroxyl groups is 1. The van der Waals surface area contributed by atoms with Crippen LogP contribution in [0, 0.1) is 5.82 Å². The largest absolute Gasteiger partial charge is 0.388 e. The van der Waals surface area contributed by atoms with E-state index in [-0.39, 0.29) is 12.0 Å². The maximum Gasteiger partial charge on any atom is 0.143 e. The lowest BCUT2D eigenvalue weighted by Gasteiger charge is -2.12. The lowest BCUT2D eigenvalue weighted by Crippen LogP contribution is -2.10. The van der Waals surface area contributed by atoms with Crippen LogP contribution >= 0.6 is 15.9 Å². The van der Waals surface area contributed by atoms with Gasteiger partial charge in [-0.1, -0.05) is 12.1 Å². The molecule has 18 heavy (non-hydrogen) atoms. The number of aromatic nitrogens is 3. The maximum absolute atomic E-state index is 13.8. The molecule has 1 atom stereocenters. The Balaban J connectivity index is 2.22. The van der Waals surface area contributed by atoms with Crippen molar-refractivity contribution in [3.8, 4) is 0 Å². The topological polar surface area (TPSA) is 50.9 Å². The van der Waals surface area contributed by atoms with Gasteiger partial charge in [-0.25, -0.2) is 9.37 Å². The Morgan fingerprint density at radius 2 is 2.28 bits per heavy atom. The van der Waals surface area contributed by atoms with Crippen LogP contribution in [0.2, 0.25) is 0 Å². The van der Waals surface area contributed by atoms with Gasteiger partial charge in [0.2, 0.25) is 0 Å².